The molecule has 0 aromatic rings. The van der Waals surface area contributed by atoms with Gasteiger partial charge in [-0.3, -0.25) is 0 Å². The first-order valence-electron chi connectivity index (χ1n) is 6.78. The highest BCUT2D eigenvalue weighted by Crippen LogP contribution is 2.32. The molecule has 0 aromatic carbocycles. The van der Waals surface area contributed by atoms with Gasteiger partial charge in [0.2, 0.25) is 0 Å². The summed E-state index contributed by atoms with van der Waals surface area (Å²) in [6.07, 6.45) is 8.48. The van der Waals surface area contributed by atoms with Crippen molar-refractivity contribution >= 4 is 0 Å². The molecule has 2 heteroatoms. The van der Waals surface area contributed by atoms with Crippen LogP contribution in [0.15, 0.2) is 0 Å². The summed E-state index contributed by atoms with van der Waals surface area (Å²) in [6, 6.07) is 0. The van der Waals surface area contributed by atoms with E-state index in [1.807, 2.05) is 0 Å². The van der Waals surface area contributed by atoms with Gasteiger partial charge in [-0.05, 0) is 45.4 Å². The lowest BCUT2D eigenvalue weighted by molar-refractivity contribution is -1.01. The molecular weight excluding hydrogens is 186 g/mol. The third kappa shape index (κ3) is 2.36. The first kappa shape index (κ1) is 11.4. The van der Waals surface area contributed by atoms with Crippen LogP contribution in [0.4, 0.5) is 0 Å². The van der Waals surface area contributed by atoms with Crippen LogP contribution >= 0.6 is 0 Å². The Labute approximate surface area is 93.9 Å². The summed E-state index contributed by atoms with van der Waals surface area (Å²) in [4.78, 5) is 0. The number of likely N-dealkylation sites (tertiary alicyclic amines) is 1. The third-order valence-electron chi connectivity index (χ3n) is 4.64. The van der Waals surface area contributed by atoms with Gasteiger partial charge < -0.3 is 9.59 Å². The van der Waals surface area contributed by atoms with Crippen LogP contribution in [0.2, 0.25) is 0 Å². The van der Waals surface area contributed by atoms with Crippen molar-refractivity contribution in [2.75, 3.05) is 19.6 Å². The Morgan fingerprint density at radius 2 is 1.87 bits per heavy atom. The Morgan fingerprint density at radius 3 is 2.47 bits per heavy atom. The van der Waals surface area contributed by atoms with Crippen LogP contribution in [0, 0.1) is 5.92 Å². The molecule has 1 saturated carbocycles. The molecule has 0 bridgehead atoms. The van der Waals surface area contributed by atoms with E-state index in [1.165, 1.54) is 45.1 Å². The second-order valence-corrected chi connectivity index (χ2v) is 5.54. The van der Waals surface area contributed by atoms with Crippen LogP contribution in [-0.4, -0.2) is 30.3 Å². The van der Waals surface area contributed by atoms with Gasteiger partial charge in [-0.1, -0.05) is 6.42 Å². The van der Waals surface area contributed by atoms with Crippen molar-refractivity contribution in [2.45, 2.75) is 58.1 Å². The molecule has 15 heavy (non-hydrogen) atoms. The summed E-state index contributed by atoms with van der Waals surface area (Å²) < 4.78 is 0.894. The number of nitrogens with zero attached hydrogens (tertiary/aromatic N) is 1. The summed E-state index contributed by atoms with van der Waals surface area (Å²) in [7, 11) is 0. The molecule has 0 radical (unpaired) electrons. The minimum absolute atomic E-state index is 0.321. The van der Waals surface area contributed by atoms with Crippen molar-refractivity contribution in [2.24, 2.45) is 5.92 Å². The molecule has 2 rings (SSSR count). The van der Waals surface area contributed by atoms with E-state index in [2.05, 4.69) is 6.92 Å². The fraction of sp³-hybridized carbons (Fsp3) is 1.00. The average Bonchev–Trinajstić information content (AvgIpc) is 2.36. The summed E-state index contributed by atoms with van der Waals surface area (Å²) in [5, 5.41) is 12.3. The Bertz CT molecular complexity index is 203. The van der Waals surface area contributed by atoms with Crippen molar-refractivity contribution in [3.63, 3.8) is 0 Å². The van der Waals surface area contributed by atoms with Gasteiger partial charge >= 0.3 is 0 Å². The Balaban J connectivity index is 2.01. The lowest BCUT2D eigenvalue weighted by Crippen LogP contribution is -2.62. The maximum absolute atomic E-state index is 12.3. The summed E-state index contributed by atoms with van der Waals surface area (Å²) >= 11 is 0. The minimum Gasteiger partial charge on any atom is -0.806 e. The maximum Gasteiger partial charge on any atom is 0.0807 e. The zero-order valence-corrected chi connectivity index (χ0v) is 10.1. The van der Waals surface area contributed by atoms with Gasteiger partial charge in [0.05, 0.1) is 19.6 Å². The minimum atomic E-state index is -0.321. The Hall–Kier alpha value is -0.0800. The largest absolute Gasteiger partial charge is 0.806 e. The summed E-state index contributed by atoms with van der Waals surface area (Å²) in [5.41, 5.74) is 0. The highest BCUT2D eigenvalue weighted by Gasteiger charge is 2.34. The van der Waals surface area contributed by atoms with Gasteiger partial charge in [-0.2, -0.15) is 0 Å². The molecule has 2 atom stereocenters. The molecule has 0 amide bonds. The summed E-state index contributed by atoms with van der Waals surface area (Å²) in [6.45, 7) is 5.62. The topological polar surface area (TPSA) is 23.1 Å². The zero-order chi connectivity index (χ0) is 10.7. The first-order valence-corrected chi connectivity index (χ1v) is 6.78. The molecule has 1 heterocycles. The van der Waals surface area contributed by atoms with Crippen LogP contribution in [0.5, 0.6) is 0 Å². The number of hydrogen-bond acceptors (Lipinski definition) is 1. The van der Waals surface area contributed by atoms with Crippen molar-refractivity contribution in [1.29, 1.82) is 0 Å². The smallest absolute Gasteiger partial charge is 0.0807 e. The maximum atomic E-state index is 12.3. The number of hydrogen-bond donors (Lipinski definition) is 0. The first-order chi connectivity index (χ1) is 7.27. The standard InChI is InChI=1S/C13H25NO/c1-2-14(11-12-7-6-8-12)10-5-3-4-9-13(14)15/h12-13H,2-11H2,1H3. The van der Waals surface area contributed by atoms with Gasteiger partial charge in [-0.15, -0.1) is 0 Å². The fourth-order valence-corrected chi connectivity index (χ4v) is 3.23. The molecule has 0 spiro atoms. The normalized spacial score (nSPS) is 38.4. The van der Waals surface area contributed by atoms with Gasteiger partial charge in [0, 0.05) is 12.1 Å². The van der Waals surface area contributed by atoms with E-state index in [9.17, 15) is 5.11 Å². The van der Waals surface area contributed by atoms with Crippen LogP contribution < -0.4 is 5.11 Å². The van der Waals surface area contributed by atoms with Crippen LogP contribution in [0.3, 0.4) is 0 Å². The molecule has 2 unspecified atom stereocenters. The van der Waals surface area contributed by atoms with E-state index in [0.29, 0.717) is 0 Å². The molecule has 2 aliphatic rings. The predicted molar refractivity (Wildman–Crippen MR) is 60.1 cm³/mol. The van der Waals surface area contributed by atoms with Crippen molar-refractivity contribution in [3.8, 4) is 0 Å². The van der Waals surface area contributed by atoms with Crippen LogP contribution in [-0.2, 0) is 0 Å². The van der Waals surface area contributed by atoms with Crippen LogP contribution in [0.1, 0.15) is 51.9 Å². The van der Waals surface area contributed by atoms with E-state index in [0.717, 1.165) is 29.9 Å². The molecule has 1 aliphatic carbocycles. The molecular formula is C13H25NO. The van der Waals surface area contributed by atoms with E-state index in [-0.39, 0.29) is 6.23 Å². The fourth-order valence-electron chi connectivity index (χ4n) is 3.23. The van der Waals surface area contributed by atoms with E-state index >= 15 is 0 Å². The zero-order valence-electron chi connectivity index (χ0n) is 10.1. The van der Waals surface area contributed by atoms with E-state index in [4.69, 9.17) is 0 Å². The highest BCUT2D eigenvalue weighted by atomic mass is 16.3. The van der Waals surface area contributed by atoms with Gasteiger partial charge in [-0.25, -0.2) is 0 Å². The molecule has 88 valence electrons. The Morgan fingerprint density at radius 1 is 1.07 bits per heavy atom. The lowest BCUT2D eigenvalue weighted by Gasteiger charge is -2.50. The molecule has 1 aliphatic heterocycles. The quantitative estimate of drug-likeness (QED) is 0.654. The lowest BCUT2D eigenvalue weighted by atomic mass is 9.84. The third-order valence-corrected chi connectivity index (χ3v) is 4.64. The van der Waals surface area contributed by atoms with Crippen molar-refractivity contribution in [1.82, 2.24) is 0 Å². The van der Waals surface area contributed by atoms with Crippen molar-refractivity contribution < 1.29 is 9.59 Å². The van der Waals surface area contributed by atoms with E-state index < -0.39 is 0 Å². The SMILES string of the molecule is CC[N+]1(CC2CCC2)CCCCCC1[O-]. The molecule has 0 N–H and O–H groups in total. The monoisotopic (exact) mass is 211 g/mol. The molecule has 2 fully saturated rings. The van der Waals surface area contributed by atoms with Gasteiger partial charge in [0.1, 0.15) is 0 Å². The molecule has 1 saturated heterocycles. The van der Waals surface area contributed by atoms with Gasteiger partial charge in [0.15, 0.2) is 0 Å². The number of rotatable bonds is 3. The van der Waals surface area contributed by atoms with Crippen LogP contribution in [0.25, 0.3) is 0 Å². The Kier molecular flexibility index (Phi) is 3.68. The predicted octanol–water partition coefficient (Wildman–Crippen LogP) is 1.88. The van der Waals surface area contributed by atoms with E-state index in [1.54, 1.807) is 0 Å². The van der Waals surface area contributed by atoms with Crippen molar-refractivity contribution in [3.05, 3.63) is 0 Å². The average molecular weight is 211 g/mol. The number of quaternary nitrogens is 1. The highest BCUT2D eigenvalue weighted by molar-refractivity contribution is 4.70. The second-order valence-electron chi connectivity index (χ2n) is 5.54. The molecule has 0 aromatic heterocycles. The molecule has 2 nitrogen and oxygen atoms in total. The summed E-state index contributed by atoms with van der Waals surface area (Å²) in [5.74, 6) is 0.875. The van der Waals surface area contributed by atoms with Gasteiger partial charge in [0.25, 0.3) is 0 Å². The second kappa shape index (κ2) is 4.84.